The Kier molecular flexibility index (Phi) is 4.21. The normalized spacial score (nSPS) is 11.3. The third-order valence-corrected chi connectivity index (χ3v) is 3.13. The zero-order valence-corrected chi connectivity index (χ0v) is 12.1. The number of carbonyl (C=O) groups is 2. The summed E-state index contributed by atoms with van der Waals surface area (Å²) in [6.07, 6.45) is 0.0827. The molecular weight excluding hydrogens is 268 g/mol. The second-order valence-electron chi connectivity index (χ2n) is 5.85. The lowest BCUT2D eigenvalue weighted by atomic mass is 9.85. The maximum Gasteiger partial charge on any atom is 0.303 e. The Hall–Kier alpha value is -2.43. The van der Waals surface area contributed by atoms with Gasteiger partial charge in [0, 0.05) is 11.8 Å². The molecule has 2 aromatic rings. The first kappa shape index (κ1) is 15.0. The van der Waals surface area contributed by atoms with Crippen molar-refractivity contribution in [1.82, 2.24) is 4.98 Å². The Morgan fingerprint density at radius 3 is 2.57 bits per heavy atom. The van der Waals surface area contributed by atoms with Gasteiger partial charge in [0.05, 0.1) is 11.9 Å². The molecule has 110 valence electrons. The summed E-state index contributed by atoms with van der Waals surface area (Å²) in [5.74, 6) is -0.662. The number of anilines is 1. The summed E-state index contributed by atoms with van der Waals surface area (Å²) < 4.78 is 0. The highest BCUT2D eigenvalue weighted by Gasteiger charge is 2.25. The molecule has 2 N–H and O–H groups in total. The number of carboxylic acids is 1. The SMILES string of the molecule is CC(C)(CC(=O)O)CC(=O)Nc1ccc2ccccc2n1. The molecule has 0 unspecified atom stereocenters. The molecule has 1 heterocycles. The lowest BCUT2D eigenvalue weighted by Gasteiger charge is -2.21. The summed E-state index contributed by atoms with van der Waals surface area (Å²) in [4.78, 5) is 27.1. The van der Waals surface area contributed by atoms with Gasteiger partial charge in [-0.15, -0.1) is 0 Å². The van der Waals surface area contributed by atoms with Gasteiger partial charge in [-0.2, -0.15) is 0 Å². The largest absolute Gasteiger partial charge is 0.481 e. The summed E-state index contributed by atoms with van der Waals surface area (Å²) >= 11 is 0. The molecule has 0 atom stereocenters. The first-order valence-electron chi connectivity index (χ1n) is 6.73. The number of aliphatic carboxylic acids is 1. The maximum absolute atomic E-state index is 12.0. The van der Waals surface area contributed by atoms with Crippen LogP contribution in [0.15, 0.2) is 36.4 Å². The minimum atomic E-state index is -0.906. The number of hydrogen-bond donors (Lipinski definition) is 2. The van der Waals surface area contributed by atoms with E-state index in [-0.39, 0.29) is 18.7 Å². The number of benzene rings is 1. The molecule has 0 radical (unpaired) electrons. The standard InChI is InChI=1S/C16H18N2O3/c1-16(2,10-15(20)21)9-14(19)18-13-8-7-11-5-3-4-6-12(11)17-13/h3-8H,9-10H2,1-2H3,(H,20,21)(H,17,18,19). The summed E-state index contributed by atoms with van der Waals surface area (Å²) in [5.41, 5.74) is 0.215. The van der Waals surface area contributed by atoms with Crippen molar-refractivity contribution in [3.8, 4) is 0 Å². The Morgan fingerprint density at radius 2 is 1.86 bits per heavy atom. The van der Waals surface area contributed by atoms with Crippen LogP contribution >= 0.6 is 0 Å². The van der Waals surface area contributed by atoms with Crippen molar-refractivity contribution in [3.05, 3.63) is 36.4 Å². The first-order valence-corrected chi connectivity index (χ1v) is 6.73. The van der Waals surface area contributed by atoms with Crippen LogP contribution in [0.2, 0.25) is 0 Å². The predicted molar refractivity (Wildman–Crippen MR) is 81.0 cm³/mol. The maximum atomic E-state index is 12.0. The van der Waals surface area contributed by atoms with Crippen molar-refractivity contribution in [2.75, 3.05) is 5.32 Å². The highest BCUT2D eigenvalue weighted by atomic mass is 16.4. The Labute approximate surface area is 123 Å². The van der Waals surface area contributed by atoms with Crippen LogP contribution in [0.25, 0.3) is 10.9 Å². The third kappa shape index (κ3) is 4.27. The number of carboxylic acid groups (broad SMARTS) is 1. The van der Waals surface area contributed by atoms with Crippen LogP contribution in [-0.2, 0) is 9.59 Å². The molecule has 0 spiro atoms. The Bertz CT molecular complexity index is 680. The van der Waals surface area contributed by atoms with Crippen LogP contribution in [-0.4, -0.2) is 22.0 Å². The highest BCUT2D eigenvalue weighted by Crippen LogP contribution is 2.25. The van der Waals surface area contributed by atoms with Gasteiger partial charge in [-0.3, -0.25) is 9.59 Å². The Morgan fingerprint density at radius 1 is 1.14 bits per heavy atom. The second kappa shape index (κ2) is 5.91. The molecule has 5 nitrogen and oxygen atoms in total. The van der Waals surface area contributed by atoms with E-state index in [9.17, 15) is 9.59 Å². The van der Waals surface area contributed by atoms with Gasteiger partial charge in [-0.05, 0) is 23.6 Å². The predicted octanol–water partition coefficient (Wildman–Crippen LogP) is 3.06. The fourth-order valence-corrected chi connectivity index (χ4v) is 2.23. The molecule has 1 aromatic heterocycles. The van der Waals surface area contributed by atoms with Crippen LogP contribution in [0, 0.1) is 5.41 Å². The fourth-order valence-electron chi connectivity index (χ4n) is 2.23. The minimum absolute atomic E-state index is 0.0500. The van der Waals surface area contributed by atoms with Gasteiger partial charge in [-0.25, -0.2) is 4.98 Å². The van der Waals surface area contributed by atoms with Crippen molar-refractivity contribution in [2.24, 2.45) is 5.41 Å². The van der Waals surface area contributed by atoms with E-state index in [0.717, 1.165) is 10.9 Å². The van der Waals surface area contributed by atoms with Gasteiger partial charge in [-0.1, -0.05) is 32.0 Å². The third-order valence-electron chi connectivity index (χ3n) is 3.13. The van der Waals surface area contributed by atoms with E-state index in [1.54, 1.807) is 19.9 Å². The molecule has 0 aliphatic carbocycles. The van der Waals surface area contributed by atoms with Crippen molar-refractivity contribution in [3.63, 3.8) is 0 Å². The summed E-state index contributed by atoms with van der Waals surface area (Å²) in [7, 11) is 0. The van der Waals surface area contributed by atoms with Crippen LogP contribution in [0.1, 0.15) is 26.7 Å². The quantitative estimate of drug-likeness (QED) is 0.885. The second-order valence-corrected chi connectivity index (χ2v) is 5.85. The Balaban J connectivity index is 2.06. The van der Waals surface area contributed by atoms with Gasteiger partial charge in [0.1, 0.15) is 5.82 Å². The van der Waals surface area contributed by atoms with Crippen molar-refractivity contribution >= 4 is 28.6 Å². The molecule has 0 aliphatic heterocycles. The number of amides is 1. The topological polar surface area (TPSA) is 79.3 Å². The molecule has 0 saturated carbocycles. The van der Waals surface area contributed by atoms with Crippen LogP contribution in [0.3, 0.4) is 0 Å². The lowest BCUT2D eigenvalue weighted by molar-refractivity contribution is -0.139. The number of rotatable bonds is 5. The average Bonchev–Trinajstić information content (AvgIpc) is 2.36. The molecule has 21 heavy (non-hydrogen) atoms. The summed E-state index contributed by atoms with van der Waals surface area (Å²) in [6, 6.07) is 11.3. The number of nitrogens with zero attached hydrogens (tertiary/aromatic N) is 1. The number of aromatic nitrogens is 1. The van der Waals surface area contributed by atoms with Gasteiger partial charge < -0.3 is 10.4 Å². The van der Waals surface area contributed by atoms with Gasteiger partial charge in [0.2, 0.25) is 5.91 Å². The number of pyridine rings is 1. The molecule has 0 bridgehead atoms. The van der Waals surface area contributed by atoms with Gasteiger partial charge >= 0.3 is 5.97 Å². The molecular formula is C16H18N2O3. The van der Waals surface area contributed by atoms with E-state index < -0.39 is 11.4 Å². The van der Waals surface area contributed by atoms with E-state index in [1.807, 2.05) is 30.3 Å². The van der Waals surface area contributed by atoms with E-state index >= 15 is 0 Å². The van der Waals surface area contributed by atoms with Crippen molar-refractivity contribution < 1.29 is 14.7 Å². The van der Waals surface area contributed by atoms with E-state index in [0.29, 0.717) is 5.82 Å². The number of hydrogen-bond acceptors (Lipinski definition) is 3. The zero-order valence-electron chi connectivity index (χ0n) is 12.1. The molecule has 0 aliphatic rings. The van der Waals surface area contributed by atoms with Gasteiger partial charge in [0.15, 0.2) is 0 Å². The van der Waals surface area contributed by atoms with Gasteiger partial charge in [0.25, 0.3) is 0 Å². The number of carbonyl (C=O) groups excluding carboxylic acids is 1. The van der Waals surface area contributed by atoms with E-state index in [4.69, 9.17) is 5.11 Å². The number of para-hydroxylation sites is 1. The summed E-state index contributed by atoms with van der Waals surface area (Å²) in [6.45, 7) is 3.52. The molecule has 2 rings (SSSR count). The molecule has 0 fully saturated rings. The fraction of sp³-hybridized carbons (Fsp3) is 0.312. The van der Waals surface area contributed by atoms with Crippen LogP contribution < -0.4 is 5.32 Å². The van der Waals surface area contributed by atoms with Crippen molar-refractivity contribution in [2.45, 2.75) is 26.7 Å². The van der Waals surface area contributed by atoms with Crippen molar-refractivity contribution in [1.29, 1.82) is 0 Å². The molecule has 5 heteroatoms. The highest BCUT2D eigenvalue weighted by molar-refractivity contribution is 5.92. The van der Waals surface area contributed by atoms with Crippen LogP contribution in [0.4, 0.5) is 5.82 Å². The van der Waals surface area contributed by atoms with Crippen LogP contribution in [0.5, 0.6) is 0 Å². The minimum Gasteiger partial charge on any atom is -0.481 e. The summed E-state index contributed by atoms with van der Waals surface area (Å²) in [5, 5.41) is 12.5. The average molecular weight is 286 g/mol. The number of nitrogens with one attached hydrogen (secondary N) is 1. The first-order chi connectivity index (χ1) is 9.85. The smallest absolute Gasteiger partial charge is 0.303 e. The van der Waals surface area contributed by atoms with E-state index in [2.05, 4.69) is 10.3 Å². The molecule has 1 amide bonds. The monoisotopic (exact) mass is 286 g/mol. The lowest BCUT2D eigenvalue weighted by Crippen LogP contribution is -2.25. The zero-order chi connectivity index (χ0) is 15.5. The molecule has 0 saturated heterocycles. The molecule has 1 aromatic carbocycles. The van der Waals surface area contributed by atoms with E-state index in [1.165, 1.54) is 0 Å². The number of fused-ring (bicyclic) bond motifs is 1.